The van der Waals surface area contributed by atoms with Crippen LogP contribution in [-0.4, -0.2) is 27.8 Å². The molecule has 0 bridgehead atoms. The molecule has 0 aliphatic carbocycles. The smallest absolute Gasteiger partial charge is 0.189 e. The van der Waals surface area contributed by atoms with E-state index in [2.05, 4.69) is 19.6 Å². The van der Waals surface area contributed by atoms with Crippen molar-refractivity contribution in [3.8, 4) is 5.75 Å². The van der Waals surface area contributed by atoms with Crippen LogP contribution in [0.4, 0.5) is 0 Å². The Kier molecular flexibility index (Phi) is 5.75. The summed E-state index contributed by atoms with van der Waals surface area (Å²) in [6.07, 6.45) is 0.839. The molecule has 0 unspecified atom stereocenters. The molecule has 19 heavy (non-hydrogen) atoms. The van der Waals surface area contributed by atoms with Crippen molar-refractivity contribution >= 4 is 14.4 Å². The minimum absolute atomic E-state index is 0.203. The van der Waals surface area contributed by atoms with Crippen LogP contribution in [0.1, 0.15) is 21.5 Å². The van der Waals surface area contributed by atoms with Crippen molar-refractivity contribution in [1.29, 1.82) is 0 Å². The van der Waals surface area contributed by atoms with Crippen LogP contribution >= 0.6 is 0 Å². The minimum atomic E-state index is -1.06. The van der Waals surface area contributed by atoms with Gasteiger partial charge in [-0.15, -0.1) is 0 Å². The van der Waals surface area contributed by atoms with Crippen LogP contribution in [0.2, 0.25) is 25.7 Å². The second-order valence-electron chi connectivity index (χ2n) is 6.09. The lowest BCUT2D eigenvalue weighted by molar-refractivity contribution is 0.0216. The van der Waals surface area contributed by atoms with Gasteiger partial charge in [-0.05, 0) is 37.1 Å². The molecule has 0 spiro atoms. The van der Waals surface area contributed by atoms with E-state index >= 15 is 0 Å². The van der Waals surface area contributed by atoms with E-state index in [0.29, 0.717) is 11.3 Å². The zero-order chi connectivity index (χ0) is 14.5. The topological polar surface area (TPSA) is 35.5 Å². The number of aldehydes is 1. The van der Waals surface area contributed by atoms with Gasteiger partial charge < -0.3 is 9.47 Å². The molecule has 0 radical (unpaired) electrons. The summed E-state index contributed by atoms with van der Waals surface area (Å²) in [6, 6.07) is 4.96. The fourth-order valence-corrected chi connectivity index (χ4v) is 2.51. The molecule has 0 N–H and O–H groups in total. The van der Waals surface area contributed by atoms with E-state index in [1.165, 1.54) is 0 Å². The molecule has 1 aromatic carbocycles. The fourth-order valence-electron chi connectivity index (χ4n) is 1.75. The molecule has 4 heteroatoms. The first-order chi connectivity index (χ1) is 8.83. The second-order valence-corrected chi connectivity index (χ2v) is 11.7. The Morgan fingerprint density at radius 1 is 1.21 bits per heavy atom. The molecule has 1 aromatic rings. The number of benzene rings is 1. The second kappa shape index (κ2) is 6.87. The van der Waals surface area contributed by atoms with E-state index in [1.54, 1.807) is 0 Å². The lowest BCUT2D eigenvalue weighted by atomic mass is 10.1. The average molecular weight is 280 g/mol. The van der Waals surface area contributed by atoms with Gasteiger partial charge in [-0.2, -0.15) is 0 Å². The van der Waals surface area contributed by atoms with Gasteiger partial charge in [0.1, 0.15) is 5.75 Å². The molecule has 106 valence electrons. The van der Waals surface area contributed by atoms with E-state index < -0.39 is 8.07 Å². The Balaban J connectivity index is 2.51. The molecule has 0 atom stereocenters. The normalized spacial score (nSPS) is 11.4. The van der Waals surface area contributed by atoms with Gasteiger partial charge in [0, 0.05) is 14.7 Å². The van der Waals surface area contributed by atoms with Gasteiger partial charge in [-0.3, -0.25) is 4.79 Å². The van der Waals surface area contributed by atoms with Crippen LogP contribution in [0.25, 0.3) is 0 Å². The fraction of sp³-hybridized carbons (Fsp3) is 0.533. The van der Waals surface area contributed by atoms with Gasteiger partial charge in [0.15, 0.2) is 13.1 Å². The highest BCUT2D eigenvalue weighted by molar-refractivity contribution is 6.76. The van der Waals surface area contributed by atoms with Crippen LogP contribution in [-0.2, 0) is 4.74 Å². The standard InChI is InChI=1S/C15H24O3Si/c1-12-8-13(2)14(10-16)15(9-12)18-11-17-6-7-19(3,4)5/h8-10H,6-7,11H2,1-5H3. The van der Waals surface area contributed by atoms with Crippen LogP contribution in [0, 0.1) is 13.8 Å². The van der Waals surface area contributed by atoms with Crippen molar-refractivity contribution < 1.29 is 14.3 Å². The van der Waals surface area contributed by atoms with E-state index in [1.807, 2.05) is 26.0 Å². The van der Waals surface area contributed by atoms with Gasteiger partial charge in [-0.1, -0.05) is 25.7 Å². The highest BCUT2D eigenvalue weighted by Gasteiger charge is 2.12. The van der Waals surface area contributed by atoms with E-state index in [4.69, 9.17) is 9.47 Å². The molecular weight excluding hydrogens is 256 g/mol. The number of rotatable bonds is 7. The average Bonchev–Trinajstić information content (AvgIpc) is 2.26. The molecular formula is C15H24O3Si. The lowest BCUT2D eigenvalue weighted by Gasteiger charge is -2.16. The van der Waals surface area contributed by atoms with Gasteiger partial charge in [-0.25, -0.2) is 0 Å². The summed E-state index contributed by atoms with van der Waals surface area (Å²) >= 11 is 0. The summed E-state index contributed by atoms with van der Waals surface area (Å²) in [6.45, 7) is 11.8. The highest BCUT2D eigenvalue weighted by atomic mass is 28.3. The van der Waals surface area contributed by atoms with Crippen LogP contribution < -0.4 is 4.74 Å². The van der Waals surface area contributed by atoms with E-state index in [0.717, 1.165) is 30.1 Å². The Bertz CT molecular complexity index is 436. The first-order valence-corrected chi connectivity index (χ1v) is 10.3. The SMILES string of the molecule is Cc1cc(C)c(C=O)c(OCOCC[Si](C)(C)C)c1. The Morgan fingerprint density at radius 2 is 1.89 bits per heavy atom. The first-order valence-electron chi connectivity index (χ1n) is 6.60. The third-order valence-electron chi connectivity index (χ3n) is 2.91. The first kappa shape index (κ1) is 15.9. The highest BCUT2D eigenvalue weighted by Crippen LogP contribution is 2.22. The lowest BCUT2D eigenvalue weighted by Crippen LogP contribution is -2.22. The molecule has 0 amide bonds. The van der Waals surface area contributed by atoms with Gasteiger partial charge >= 0.3 is 0 Å². The Morgan fingerprint density at radius 3 is 2.47 bits per heavy atom. The van der Waals surface area contributed by atoms with Crippen molar-refractivity contribution in [3.05, 3.63) is 28.8 Å². The molecule has 0 aliphatic heterocycles. The molecule has 0 fully saturated rings. The molecule has 0 saturated carbocycles. The molecule has 0 aliphatic rings. The summed E-state index contributed by atoms with van der Waals surface area (Å²) in [5.74, 6) is 0.612. The summed E-state index contributed by atoms with van der Waals surface area (Å²) < 4.78 is 11.1. The summed E-state index contributed by atoms with van der Waals surface area (Å²) in [5, 5.41) is 0. The van der Waals surface area contributed by atoms with Crippen molar-refractivity contribution in [3.63, 3.8) is 0 Å². The minimum Gasteiger partial charge on any atom is -0.467 e. The van der Waals surface area contributed by atoms with Crippen LogP contribution in [0.5, 0.6) is 5.75 Å². The van der Waals surface area contributed by atoms with Crippen molar-refractivity contribution in [1.82, 2.24) is 0 Å². The maximum Gasteiger partial charge on any atom is 0.189 e. The molecule has 1 rings (SSSR count). The van der Waals surface area contributed by atoms with Crippen LogP contribution in [0.15, 0.2) is 12.1 Å². The maximum atomic E-state index is 11.1. The number of hydrogen-bond donors (Lipinski definition) is 0. The summed E-state index contributed by atoms with van der Waals surface area (Å²) in [4.78, 5) is 11.1. The van der Waals surface area contributed by atoms with E-state index in [-0.39, 0.29) is 6.79 Å². The molecule has 0 saturated heterocycles. The molecule has 0 aromatic heterocycles. The maximum absolute atomic E-state index is 11.1. The third kappa shape index (κ3) is 5.57. The number of ether oxygens (including phenoxy) is 2. The van der Waals surface area contributed by atoms with Crippen molar-refractivity contribution in [2.24, 2.45) is 0 Å². The van der Waals surface area contributed by atoms with Crippen molar-refractivity contribution in [2.75, 3.05) is 13.4 Å². The predicted octanol–water partition coefficient (Wildman–Crippen LogP) is 3.81. The largest absolute Gasteiger partial charge is 0.467 e. The summed E-state index contributed by atoms with van der Waals surface area (Å²) in [7, 11) is -1.06. The van der Waals surface area contributed by atoms with E-state index in [9.17, 15) is 4.79 Å². The van der Waals surface area contributed by atoms with Gasteiger partial charge in [0.05, 0.1) is 5.56 Å². The van der Waals surface area contributed by atoms with Gasteiger partial charge in [0.25, 0.3) is 0 Å². The van der Waals surface area contributed by atoms with Crippen LogP contribution in [0.3, 0.4) is 0 Å². The Labute approximate surface area is 116 Å². The number of carbonyl (C=O) groups excluding carboxylic acids is 1. The molecule has 3 nitrogen and oxygen atoms in total. The number of aryl methyl sites for hydroxylation is 2. The zero-order valence-electron chi connectivity index (χ0n) is 12.6. The Hall–Kier alpha value is -1.13. The third-order valence-corrected chi connectivity index (χ3v) is 4.61. The zero-order valence-corrected chi connectivity index (χ0v) is 13.6. The number of hydrogen-bond acceptors (Lipinski definition) is 3. The molecule has 0 heterocycles. The van der Waals surface area contributed by atoms with Gasteiger partial charge in [0.2, 0.25) is 0 Å². The quantitative estimate of drug-likeness (QED) is 0.330. The summed E-state index contributed by atoms with van der Waals surface area (Å²) in [5.41, 5.74) is 2.63. The number of carbonyl (C=O) groups is 1. The predicted molar refractivity (Wildman–Crippen MR) is 80.9 cm³/mol. The monoisotopic (exact) mass is 280 g/mol. The van der Waals surface area contributed by atoms with Crippen molar-refractivity contribution in [2.45, 2.75) is 39.5 Å².